The zero-order chi connectivity index (χ0) is 47.2. The van der Waals surface area contributed by atoms with Gasteiger partial charge >= 0.3 is 17.9 Å². The summed E-state index contributed by atoms with van der Waals surface area (Å²) in [5.74, 6) is -1.02. The largest absolute Gasteiger partial charge is 0.462 e. The lowest BCUT2D eigenvalue weighted by Gasteiger charge is -2.18. The van der Waals surface area contributed by atoms with Crippen LogP contribution in [-0.4, -0.2) is 37.2 Å². The molecule has 6 nitrogen and oxygen atoms in total. The smallest absolute Gasteiger partial charge is 0.306 e. The number of ether oxygens (including phenoxy) is 3. The van der Waals surface area contributed by atoms with Gasteiger partial charge in [0.15, 0.2) is 6.10 Å². The van der Waals surface area contributed by atoms with Crippen LogP contribution >= 0.6 is 0 Å². The van der Waals surface area contributed by atoms with Gasteiger partial charge in [0.25, 0.3) is 0 Å². The second-order valence-corrected chi connectivity index (χ2v) is 17.4. The van der Waals surface area contributed by atoms with Crippen molar-refractivity contribution in [3.63, 3.8) is 0 Å². The van der Waals surface area contributed by atoms with Gasteiger partial charge in [0, 0.05) is 19.3 Å². The lowest BCUT2D eigenvalue weighted by molar-refractivity contribution is -0.166. The molecule has 0 aliphatic carbocycles. The first kappa shape index (κ1) is 61.3. The molecule has 0 aromatic rings. The second kappa shape index (κ2) is 52.9. The third-order valence-corrected chi connectivity index (χ3v) is 11.0. The van der Waals surface area contributed by atoms with Crippen LogP contribution in [0.2, 0.25) is 0 Å². The molecule has 0 radical (unpaired) electrons. The third kappa shape index (κ3) is 51.2. The summed E-state index contributed by atoms with van der Waals surface area (Å²) in [6, 6.07) is 0. The molecule has 0 aliphatic rings. The van der Waals surface area contributed by atoms with Crippen LogP contribution in [0.3, 0.4) is 0 Å². The Hall–Kier alpha value is -3.67. The van der Waals surface area contributed by atoms with E-state index < -0.39 is 12.1 Å². The quantitative estimate of drug-likeness (QED) is 0.0262. The molecule has 1 unspecified atom stereocenters. The molecule has 0 amide bonds. The van der Waals surface area contributed by atoms with Crippen LogP contribution in [0.4, 0.5) is 0 Å². The topological polar surface area (TPSA) is 78.9 Å². The van der Waals surface area contributed by atoms with E-state index in [4.69, 9.17) is 14.2 Å². The first-order chi connectivity index (χ1) is 32.0. The lowest BCUT2D eigenvalue weighted by Crippen LogP contribution is -2.30. The molecule has 0 aromatic carbocycles. The zero-order valence-electron chi connectivity index (χ0n) is 42.2. The minimum Gasteiger partial charge on any atom is -0.462 e. The molecule has 0 rings (SSSR count). The summed E-state index contributed by atoms with van der Waals surface area (Å²) in [4.78, 5) is 38.0. The molecular weight excluding hydrogens is 805 g/mol. The van der Waals surface area contributed by atoms with E-state index in [9.17, 15) is 14.4 Å². The third-order valence-electron chi connectivity index (χ3n) is 11.0. The molecule has 0 spiro atoms. The van der Waals surface area contributed by atoms with Crippen molar-refractivity contribution in [2.45, 2.75) is 245 Å². The van der Waals surface area contributed by atoms with Crippen LogP contribution in [0, 0.1) is 0 Å². The second-order valence-electron chi connectivity index (χ2n) is 17.4. The monoisotopic (exact) mass is 903 g/mol. The fourth-order valence-electron chi connectivity index (χ4n) is 7.05. The van der Waals surface area contributed by atoms with Crippen molar-refractivity contribution in [2.75, 3.05) is 13.2 Å². The predicted molar refractivity (Wildman–Crippen MR) is 279 cm³/mol. The van der Waals surface area contributed by atoms with E-state index in [0.717, 1.165) is 103 Å². The number of hydrogen-bond donors (Lipinski definition) is 0. The summed E-state index contributed by atoms with van der Waals surface area (Å²) < 4.78 is 16.7. The molecule has 65 heavy (non-hydrogen) atoms. The van der Waals surface area contributed by atoms with Crippen molar-refractivity contribution < 1.29 is 28.6 Å². The number of esters is 3. The van der Waals surface area contributed by atoms with Crippen LogP contribution in [0.1, 0.15) is 239 Å². The highest BCUT2D eigenvalue weighted by molar-refractivity contribution is 5.71. The van der Waals surface area contributed by atoms with Crippen LogP contribution in [0.15, 0.2) is 97.2 Å². The molecule has 0 saturated carbocycles. The van der Waals surface area contributed by atoms with E-state index >= 15 is 0 Å². The summed E-state index contributed by atoms with van der Waals surface area (Å²) in [7, 11) is 0. The fourth-order valence-corrected chi connectivity index (χ4v) is 7.05. The van der Waals surface area contributed by atoms with Gasteiger partial charge in [-0.3, -0.25) is 14.4 Å². The lowest BCUT2D eigenvalue weighted by atomic mass is 10.1. The van der Waals surface area contributed by atoms with E-state index in [-0.39, 0.29) is 31.6 Å². The maximum Gasteiger partial charge on any atom is 0.306 e. The van der Waals surface area contributed by atoms with Crippen LogP contribution in [0.25, 0.3) is 0 Å². The predicted octanol–water partition coefficient (Wildman–Crippen LogP) is 17.8. The Labute approximate surface area is 400 Å². The first-order valence-corrected chi connectivity index (χ1v) is 26.7. The zero-order valence-corrected chi connectivity index (χ0v) is 42.2. The van der Waals surface area contributed by atoms with Crippen molar-refractivity contribution in [3.05, 3.63) is 97.2 Å². The number of allylic oxidation sites excluding steroid dienone is 16. The molecule has 0 aliphatic heterocycles. The molecule has 0 saturated heterocycles. The molecule has 0 bridgehead atoms. The Morgan fingerprint density at radius 1 is 0.323 bits per heavy atom. The average Bonchev–Trinajstić information content (AvgIpc) is 3.30. The highest BCUT2D eigenvalue weighted by atomic mass is 16.6. The number of rotatable bonds is 47. The van der Waals surface area contributed by atoms with Gasteiger partial charge in [-0.2, -0.15) is 0 Å². The van der Waals surface area contributed by atoms with Crippen molar-refractivity contribution in [1.29, 1.82) is 0 Å². The van der Waals surface area contributed by atoms with Crippen LogP contribution in [0.5, 0.6) is 0 Å². The average molecular weight is 903 g/mol. The van der Waals surface area contributed by atoms with Gasteiger partial charge in [0.1, 0.15) is 13.2 Å². The Kier molecular flexibility index (Phi) is 50.0. The minimum atomic E-state index is -0.823. The Balaban J connectivity index is 4.42. The van der Waals surface area contributed by atoms with Crippen molar-refractivity contribution in [3.8, 4) is 0 Å². The highest BCUT2D eigenvalue weighted by Crippen LogP contribution is 2.14. The van der Waals surface area contributed by atoms with Gasteiger partial charge in [-0.1, -0.05) is 214 Å². The number of carbonyl (C=O) groups excluding carboxylic acids is 3. The fraction of sp³-hybridized carbons (Fsp3) is 0.678. The summed E-state index contributed by atoms with van der Waals surface area (Å²) in [5, 5.41) is 0. The van der Waals surface area contributed by atoms with E-state index in [1.807, 2.05) is 12.2 Å². The van der Waals surface area contributed by atoms with Crippen LogP contribution in [-0.2, 0) is 28.6 Å². The molecule has 6 heteroatoms. The summed E-state index contributed by atoms with van der Waals surface area (Å²) >= 11 is 0. The first-order valence-electron chi connectivity index (χ1n) is 26.7. The highest BCUT2D eigenvalue weighted by Gasteiger charge is 2.19. The molecule has 0 N–H and O–H groups in total. The van der Waals surface area contributed by atoms with E-state index in [0.29, 0.717) is 19.3 Å². The maximum absolute atomic E-state index is 12.8. The van der Waals surface area contributed by atoms with Gasteiger partial charge in [-0.15, -0.1) is 0 Å². The van der Waals surface area contributed by atoms with Crippen molar-refractivity contribution in [1.82, 2.24) is 0 Å². The number of hydrogen-bond acceptors (Lipinski definition) is 6. The van der Waals surface area contributed by atoms with Gasteiger partial charge in [-0.25, -0.2) is 0 Å². The molecule has 0 fully saturated rings. The summed E-state index contributed by atoms with van der Waals surface area (Å²) in [6.45, 7) is 6.36. The standard InChI is InChI=1S/C59H98O6/c1-4-7-10-13-16-19-22-25-26-27-28-29-30-31-32-35-37-40-43-46-49-52-58(61)64-55-56(65-59(62)53-50-47-44-41-38-34-24-21-18-15-12-9-6-3)54-63-57(60)51-48-45-42-39-36-33-23-20-17-14-11-8-5-2/h9,11-12,14,18,20-23,25,27-28,34,38,44,47,56H,4-8,10,13,15-17,19,24,26,29-33,35-37,39-43,45-46,48-55H2,1-3H3/b12-9-,14-11-,21-18-,23-20-,25-22-,28-27-,38-34-,47-44-. The molecule has 0 aromatic heterocycles. The van der Waals surface area contributed by atoms with Crippen LogP contribution < -0.4 is 0 Å². The summed E-state index contributed by atoms with van der Waals surface area (Å²) in [6.07, 6.45) is 69.8. The van der Waals surface area contributed by atoms with Gasteiger partial charge in [0.2, 0.25) is 0 Å². The molecule has 370 valence electrons. The Morgan fingerprint density at radius 2 is 0.662 bits per heavy atom. The summed E-state index contributed by atoms with van der Waals surface area (Å²) in [5.41, 5.74) is 0. The number of unbranched alkanes of at least 4 members (excludes halogenated alkanes) is 20. The minimum absolute atomic E-state index is 0.114. The van der Waals surface area contributed by atoms with Gasteiger partial charge in [0.05, 0.1) is 0 Å². The van der Waals surface area contributed by atoms with E-state index in [1.54, 1.807) is 0 Å². The van der Waals surface area contributed by atoms with Crippen molar-refractivity contribution in [2.24, 2.45) is 0 Å². The van der Waals surface area contributed by atoms with Crippen molar-refractivity contribution >= 4 is 17.9 Å². The SMILES string of the molecule is CC/C=C\C/C=C\C/C=C\C/C=C\CCC(=O)OC(COC(=O)CCCCCCC/C=C\C/C=C\CCC)COC(=O)CCCCCCCCCCC/C=C\C/C=C\CCCCCCC. The van der Waals surface area contributed by atoms with Gasteiger partial charge < -0.3 is 14.2 Å². The van der Waals surface area contributed by atoms with Gasteiger partial charge in [-0.05, 0) is 103 Å². The van der Waals surface area contributed by atoms with E-state index in [1.165, 1.54) is 89.9 Å². The van der Waals surface area contributed by atoms with E-state index in [2.05, 4.69) is 106 Å². The maximum atomic E-state index is 12.8. The normalized spacial score (nSPS) is 12.8. The molecule has 0 heterocycles. The molecular formula is C59H98O6. The Morgan fingerprint density at radius 3 is 1.06 bits per heavy atom. The Bertz CT molecular complexity index is 1310. The number of carbonyl (C=O) groups is 3. The molecule has 1 atom stereocenters.